The molecule has 1 aliphatic heterocycles. The van der Waals surface area contributed by atoms with E-state index in [1.807, 2.05) is 30.3 Å². The number of carbonyl (C=O) groups is 3. The Balaban J connectivity index is 2.04. The van der Waals surface area contributed by atoms with Gasteiger partial charge in [-0.2, -0.15) is 0 Å². The van der Waals surface area contributed by atoms with Crippen LogP contribution in [0.15, 0.2) is 30.3 Å². The van der Waals surface area contributed by atoms with Crippen LogP contribution in [-0.4, -0.2) is 58.6 Å². The quantitative estimate of drug-likeness (QED) is 0.626. The summed E-state index contributed by atoms with van der Waals surface area (Å²) in [5.41, 5.74) is 1.09. The van der Waals surface area contributed by atoms with Crippen LogP contribution in [0.1, 0.15) is 45.6 Å². The number of carboxylic acids is 1. The second-order valence-corrected chi connectivity index (χ2v) is 7.48. The SMILES string of the molecule is CC(C)OC(=O)[C@H](CCc1ccccc1)N[C@@H](C)C(=O)N1CCC[C@@H]1C(=O)O. The number of rotatable bonds is 9. The van der Waals surface area contributed by atoms with Crippen LogP contribution >= 0.6 is 0 Å². The van der Waals surface area contributed by atoms with Crippen molar-refractivity contribution in [2.75, 3.05) is 6.54 Å². The highest BCUT2D eigenvalue weighted by molar-refractivity contribution is 5.88. The van der Waals surface area contributed by atoms with E-state index in [0.29, 0.717) is 32.2 Å². The average molecular weight is 390 g/mol. The highest BCUT2D eigenvalue weighted by Crippen LogP contribution is 2.19. The fraction of sp³-hybridized carbons (Fsp3) is 0.571. The number of aryl methyl sites for hydroxylation is 1. The maximum Gasteiger partial charge on any atom is 0.326 e. The summed E-state index contributed by atoms with van der Waals surface area (Å²) >= 11 is 0. The number of aliphatic carboxylic acids is 1. The third kappa shape index (κ3) is 6.05. The first-order valence-electron chi connectivity index (χ1n) is 9.83. The molecule has 7 heteroatoms. The van der Waals surface area contributed by atoms with E-state index in [0.717, 1.165) is 5.56 Å². The number of nitrogens with one attached hydrogen (secondary N) is 1. The zero-order chi connectivity index (χ0) is 20.7. The summed E-state index contributed by atoms with van der Waals surface area (Å²) < 4.78 is 5.35. The molecule has 0 unspecified atom stereocenters. The summed E-state index contributed by atoms with van der Waals surface area (Å²) in [7, 11) is 0. The van der Waals surface area contributed by atoms with Gasteiger partial charge in [-0.3, -0.25) is 14.9 Å². The number of benzene rings is 1. The summed E-state index contributed by atoms with van der Waals surface area (Å²) in [4.78, 5) is 38.0. The number of carbonyl (C=O) groups excluding carboxylic acids is 2. The number of ether oxygens (including phenoxy) is 1. The predicted molar refractivity (Wildman–Crippen MR) is 105 cm³/mol. The van der Waals surface area contributed by atoms with Crippen LogP contribution in [0.2, 0.25) is 0 Å². The van der Waals surface area contributed by atoms with E-state index in [2.05, 4.69) is 5.32 Å². The van der Waals surface area contributed by atoms with E-state index in [-0.39, 0.29) is 12.0 Å². The van der Waals surface area contributed by atoms with Crippen molar-refractivity contribution in [3.05, 3.63) is 35.9 Å². The summed E-state index contributed by atoms with van der Waals surface area (Å²) in [5.74, 6) is -1.69. The fourth-order valence-electron chi connectivity index (χ4n) is 3.45. The smallest absolute Gasteiger partial charge is 0.326 e. The second-order valence-electron chi connectivity index (χ2n) is 7.48. The highest BCUT2D eigenvalue weighted by atomic mass is 16.5. The first-order valence-corrected chi connectivity index (χ1v) is 9.83. The number of esters is 1. The first-order chi connectivity index (χ1) is 13.3. The number of nitrogens with zero attached hydrogens (tertiary/aromatic N) is 1. The molecule has 0 spiro atoms. The number of carboxylic acid groups (broad SMARTS) is 1. The minimum atomic E-state index is -0.988. The number of hydrogen-bond donors (Lipinski definition) is 2. The van der Waals surface area contributed by atoms with Gasteiger partial charge >= 0.3 is 11.9 Å². The molecule has 154 valence electrons. The molecule has 0 saturated carbocycles. The Labute approximate surface area is 166 Å². The van der Waals surface area contributed by atoms with Gasteiger partial charge in [-0.25, -0.2) is 4.79 Å². The predicted octanol–water partition coefficient (Wildman–Crippen LogP) is 1.99. The Kier molecular flexibility index (Phi) is 7.99. The molecule has 1 saturated heterocycles. The largest absolute Gasteiger partial charge is 0.480 e. The van der Waals surface area contributed by atoms with Crippen molar-refractivity contribution in [3.8, 4) is 0 Å². The van der Waals surface area contributed by atoms with Gasteiger partial charge in [0.2, 0.25) is 5.91 Å². The van der Waals surface area contributed by atoms with Crippen LogP contribution in [0.3, 0.4) is 0 Å². The van der Waals surface area contributed by atoms with Crippen molar-refractivity contribution in [1.29, 1.82) is 0 Å². The summed E-state index contributed by atoms with van der Waals surface area (Å²) in [6.45, 7) is 5.65. The molecule has 0 aliphatic carbocycles. The average Bonchev–Trinajstić information content (AvgIpc) is 3.14. The molecule has 2 rings (SSSR count). The maximum absolute atomic E-state index is 12.8. The zero-order valence-corrected chi connectivity index (χ0v) is 16.8. The third-order valence-electron chi connectivity index (χ3n) is 4.84. The molecular formula is C21H30N2O5. The Morgan fingerprint density at radius 2 is 1.89 bits per heavy atom. The van der Waals surface area contributed by atoms with Gasteiger partial charge in [0, 0.05) is 6.54 Å². The lowest BCUT2D eigenvalue weighted by Gasteiger charge is -2.28. The van der Waals surface area contributed by atoms with Crippen molar-refractivity contribution in [2.45, 2.75) is 70.7 Å². The number of amides is 1. The van der Waals surface area contributed by atoms with Gasteiger partial charge in [0.05, 0.1) is 12.1 Å². The molecule has 1 amide bonds. The zero-order valence-electron chi connectivity index (χ0n) is 16.8. The molecule has 3 atom stereocenters. The standard InChI is InChI=1S/C21H30N2O5/c1-14(2)28-21(27)17(12-11-16-8-5-4-6-9-16)22-15(3)19(24)23-13-7-10-18(23)20(25)26/h4-6,8-9,14-15,17-18,22H,7,10-13H2,1-3H3,(H,25,26)/t15-,17-,18+/m0/s1. The van der Waals surface area contributed by atoms with E-state index in [9.17, 15) is 19.5 Å². The van der Waals surface area contributed by atoms with Gasteiger partial charge < -0.3 is 14.7 Å². The molecule has 0 radical (unpaired) electrons. The Morgan fingerprint density at radius 3 is 2.50 bits per heavy atom. The van der Waals surface area contributed by atoms with E-state index < -0.39 is 30.1 Å². The lowest BCUT2D eigenvalue weighted by atomic mass is 10.0. The fourth-order valence-corrected chi connectivity index (χ4v) is 3.45. The van der Waals surface area contributed by atoms with Crippen LogP contribution in [0.4, 0.5) is 0 Å². The van der Waals surface area contributed by atoms with Crippen molar-refractivity contribution in [3.63, 3.8) is 0 Å². The van der Waals surface area contributed by atoms with Gasteiger partial charge in [0.25, 0.3) is 0 Å². The van der Waals surface area contributed by atoms with Crippen LogP contribution in [0.25, 0.3) is 0 Å². The topological polar surface area (TPSA) is 95.9 Å². The molecule has 1 heterocycles. The van der Waals surface area contributed by atoms with E-state index >= 15 is 0 Å². The van der Waals surface area contributed by atoms with E-state index in [1.54, 1.807) is 20.8 Å². The Morgan fingerprint density at radius 1 is 1.21 bits per heavy atom. The van der Waals surface area contributed by atoms with Crippen molar-refractivity contribution in [2.24, 2.45) is 0 Å². The molecular weight excluding hydrogens is 360 g/mol. The summed E-state index contributed by atoms with van der Waals surface area (Å²) in [6.07, 6.45) is 2.02. The van der Waals surface area contributed by atoms with Crippen molar-refractivity contribution in [1.82, 2.24) is 10.2 Å². The molecule has 1 aromatic carbocycles. The van der Waals surface area contributed by atoms with Crippen molar-refractivity contribution < 1.29 is 24.2 Å². The summed E-state index contributed by atoms with van der Waals surface area (Å²) in [6, 6.07) is 7.67. The maximum atomic E-state index is 12.8. The Hall–Kier alpha value is -2.41. The number of likely N-dealkylation sites (tertiary alicyclic amines) is 1. The lowest BCUT2D eigenvalue weighted by molar-refractivity contribution is -0.152. The monoisotopic (exact) mass is 390 g/mol. The van der Waals surface area contributed by atoms with Crippen LogP contribution in [0, 0.1) is 0 Å². The van der Waals surface area contributed by atoms with Gasteiger partial charge in [-0.05, 0) is 52.0 Å². The first kappa shape index (κ1) is 21.9. The molecule has 0 aromatic heterocycles. The van der Waals surface area contributed by atoms with Gasteiger partial charge in [-0.15, -0.1) is 0 Å². The van der Waals surface area contributed by atoms with Gasteiger partial charge in [-0.1, -0.05) is 30.3 Å². The van der Waals surface area contributed by atoms with E-state index in [4.69, 9.17) is 4.74 Å². The van der Waals surface area contributed by atoms with Crippen LogP contribution < -0.4 is 5.32 Å². The third-order valence-corrected chi connectivity index (χ3v) is 4.84. The molecule has 0 bridgehead atoms. The Bertz CT molecular complexity index is 677. The molecule has 1 fully saturated rings. The summed E-state index contributed by atoms with van der Waals surface area (Å²) in [5, 5.41) is 12.4. The molecule has 28 heavy (non-hydrogen) atoms. The minimum absolute atomic E-state index is 0.255. The minimum Gasteiger partial charge on any atom is -0.480 e. The van der Waals surface area contributed by atoms with E-state index in [1.165, 1.54) is 4.90 Å². The lowest BCUT2D eigenvalue weighted by Crippen LogP contribution is -2.53. The highest BCUT2D eigenvalue weighted by Gasteiger charge is 2.37. The molecule has 2 N–H and O–H groups in total. The number of hydrogen-bond acceptors (Lipinski definition) is 5. The second kappa shape index (κ2) is 10.2. The molecule has 1 aromatic rings. The van der Waals surface area contributed by atoms with Crippen LogP contribution in [-0.2, 0) is 25.5 Å². The van der Waals surface area contributed by atoms with Crippen LogP contribution in [0.5, 0.6) is 0 Å². The van der Waals surface area contributed by atoms with Gasteiger partial charge in [0.1, 0.15) is 12.1 Å². The molecule has 1 aliphatic rings. The van der Waals surface area contributed by atoms with Gasteiger partial charge in [0.15, 0.2) is 0 Å². The molecule has 7 nitrogen and oxygen atoms in total. The normalized spacial score (nSPS) is 18.7. The van der Waals surface area contributed by atoms with Crippen molar-refractivity contribution >= 4 is 17.8 Å².